The maximum Gasteiger partial charge on any atom is 0.249 e. The predicted octanol–water partition coefficient (Wildman–Crippen LogP) is 2.25. The van der Waals surface area contributed by atoms with Gasteiger partial charge in [-0.1, -0.05) is 11.6 Å². The van der Waals surface area contributed by atoms with Crippen LogP contribution in [0.5, 0.6) is 0 Å². The molecule has 1 heterocycles. The molecule has 0 aliphatic heterocycles. The number of nitrogens with one attached hydrogen (secondary N) is 1. The lowest BCUT2D eigenvalue weighted by Crippen LogP contribution is -2.04. The summed E-state index contributed by atoms with van der Waals surface area (Å²) in [6.07, 6.45) is 0. The van der Waals surface area contributed by atoms with Crippen molar-refractivity contribution in [2.75, 3.05) is 7.05 Å². The highest BCUT2D eigenvalue weighted by atomic mass is 35.5. The maximum absolute atomic E-state index is 12.8. The van der Waals surface area contributed by atoms with Gasteiger partial charge in [-0.15, -0.1) is 10.2 Å². The fourth-order valence-electron chi connectivity index (χ4n) is 1.25. The third-order valence-electron chi connectivity index (χ3n) is 1.96. The van der Waals surface area contributed by atoms with Crippen molar-refractivity contribution in [1.82, 2.24) is 15.5 Å². The SMILES string of the molecule is CNCc1nnc(-c2ccc(F)cc2Cl)o1. The van der Waals surface area contributed by atoms with Gasteiger partial charge in [-0.2, -0.15) is 0 Å². The first-order valence-corrected chi connectivity index (χ1v) is 5.01. The van der Waals surface area contributed by atoms with Crippen LogP contribution in [0.4, 0.5) is 4.39 Å². The third kappa shape index (κ3) is 2.20. The minimum Gasteiger partial charge on any atom is -0.419 e. The molecule has 0 saturated heterocycles. The summed E-state index contributed by atoms with van der Waals surface area (Å²) in [4.78, 5) is 0. The molecular formula is C10H9ClFN3O. The molecule has 0 unspecified atom stereocenters. The zero-order chi connectivity index (χ0) is 11.5. The van der Waals surface area contributed by atoms with Crippen LogP contribution in [0.15, 0.2) is 22.6 Å². The van der Waals surface area contributed by atoms with Crippen molar-refractivity contribution in [2.24, 2.45) is 0 Å². The van der Waals surface area contributed by atoms with Gasteiger partial charge in [0.05, 0.1) is 17.1 Å². The van der Waals surface area contributed by atoms with Crippen molar-refractivity contribution in [1.29, 1.82) is 0 Å². The van der Waals surface area contributed by atoms with Gasteiger partial charge >= 0.3 is 0 Å². The van der Waals surface area contributed by atoms with Crippen LogP contribution in [0.1, 0.15) is 5.89 Å². The lowest BCUT2D eigenvalue weighted by molar-refractivity contribution is 0.490. The van der Waals surface area contributed by atoms with Crippen LogP contribution in [0.3, 0.4) is 0 Å². The Bertz CT molecular complexity index is 501. The zero-order valence-electron chi connectivity index (χ0n) is 8.50. The van der Waals surface area contributed by atoms with E-state index >= 15 is 0 Å². The van der Waals surface area contributed by atoms with Crippen LogP contribution in [0.2, 0.25) is 5.02 Å². The van der Waals surface area contributed by atoms with E-state index in [0.717, 1.165) is 0 Å². The molecule has 16 heavy (non-hydrogen) atoms. The van der Waals surface area contributed by atoms with Gasteiger partial charge in [-0.05, 0) is 25.2 Å². The van der Waals surface area contributed by atoms with Gasteiger partial charge in [-0.25, -0.2) is 4.39 Å². The molecule has 0 atom stereocenters. The molecule has 0 spiro atoms. The first kappa shape index (κ1) is 11.0. The van der Waals surface area contributed by atoms with Gasteiger partial charge in [0, 0.05) is 0 Å². The molecule has 0 aliphatic carbocycles. The Labute approximate surface area is 96.4 Å². The molecule has 4 nitrogen and oxygen atoms in total. The molecule has 0 saturated carbocycles. The predicted molar refractivity (Wildman–Crippen MR) is 57.5 cm³/mol. The second-order valence-corrected chi connectivity index (χ2v) is 3.56. The van der Waals surface area contributed by atoms with Crippen LogP contribution in [-0.2, 0) is 6.54 Å². The third-order valence-corrected chi connectivity index (χ3v) is 2.27. The topological polar surface area (TPSA) is 51.0 Å². The van der Waals surface area contributed by atoms with E-state index in [1.165, 1.54) is 18.2 Å². The van der Waals surface area contributed by atoms with Gasteiger partial charge in [0.15, 0.2) is 0 Å². The summed E-state index contributed by atoms with van der Waals surface area (Å²) in [5, 5.41) is 10.8. The fourth-order valence-corrected chi connectivity index (χ4v) is 1.50. The smallest absolute Gasteiger partial charge is 0.249 e. The average Bonchev–Trinajstić information content (AvgIpc) is 2.67. The van der Waals surface area contributed by atoms with E-state index < -0.39 is 5.82 Å². The van der Waals surface area contributed by atoms with Gasteiger partial charge in [0.25, 0.3) is 0 Å². The molecule has 84 valence electrons. The first-order chi connectivity index (χ1) is 7.70. The first-order valence-electron chi connectivity index (χ1n) is 4.63. The van der Waals surface area contributed by atoms with E-state index in [9.17, 15) is 4.39 Å². The summed E-state index contributed by atoms with van der Waals surface area (Å²) in [5.41, 5.74) is 0.526. The van der Waals surface area contributed by atoms with Crippen molar-refractivity contribution in [2.45, 2.75) is 6.54 Å². The molecule has 1 aromatic carbocycles. The molecule has 2 aromatic rings. The summed E-state index contributed by atoms with van der Waals surface area (Å²) < 4.78 is 18.2. The Morgan fingerprint density at radius 1 is 1.44 bits per heavy atom. The van der Waals surface area contributed by atoms with Crippen LogP contribution >= 0.6 is 11.6 Å². The monoisotopic (exact) mass is 241 g/mol. The van der Waals surface area contributed by atoms with Gasteiger partial charge in [0.2, 0.25) is 11.8 Å². The Kier molecular flexibility index (Phi) is 3.17. The molecule has 1 aromatic heterocycles. The largest absolute Gasteiger partial charge is 0.419 e. The Morgan fingerprint density at radius 3 is 2.94 bits per heavy atom. The fraction of sp³-hybridized carbons (Fsp3) is 0.200. The van der Waals surface area contributed by atoms with E-state index in [-0.39, 0.29) is 10.9 Å². The second kappa shape index (κ2) is 4.59. The van der Waals surface area contributed by atoms with Crippen molar-refractivity contribution >= 4 is 11.6 Å². The van der Waals surface area contributed by atoms with Crippen molar-refractivity contribution < 1.29 is 8.81 Å². The van der Waals surface area contributed by atoms with E-state index in [4.69, 9.17) is 16.0 Å². The molecule has 0 amide bonds. The van der Waals surface area contributed by atoms with Crippen LogP contribution in [-0.4, -0.2) is 17.2 Å². The molecule has 6 heteroatoms. The average molecular weight is 242 g/mol. The zero-order valence-corrected chi connectivity index (χ0v) is 9.25. The maximum atomic E-state index is 12.8. The molecule has 0 aliphatic rings. The van der Waals surface area contributed by atoms with E-state index in [2.05, 4.69) is 15.5 Å². The lowest BCUT2D eigenvalue weighted by Gasteiger charge is -1.98. The summed E-state index contributed by atoms with van der Waals surface area (Å²) in [6.45, 7) is 0.478. The number of nitrogens with zero attached hydrogens (tertiary/aromatic N) is 2. The number of rotatable bonds is 3. The van der Waals surface area contributed by atoms with E-state index in [1.54, 1.807) is 7.05 Å². The quantitative estimate of drug-likeness (QED) is 0.896. The number of benzene rings is 1. The molecule has 2 rings (SSSR count). The highest BCUT2D eigenvalue weighted by Crippen LogP contribution is 2.27. The summed E-state index contributed by atoms with van der Waals surface area (Å²) in [7, 11) is 1.77. The summed E-state index contributed by atoms with van der Waals surface area (Å²) >= 11 is 5.87. The normalized spacial score (nSPS) is 10.7. The van der Waals surface area contributed by atoms with Crippen molar-refractivity contribution in [3.05, 3.63) is 34.9 Å². The Hall–Kier alpha value is -1.46. The van der Waals surface area contributed by atoms with Crippen molar-refractivity contribution in [3.63, 3.8) is 0 Å². The van der Waals surface area contributed by atoms with Crippen LogP contribution in [0.25, 0.3) is 11.5 Å². The highest BCUT2D eigenvalue weighted by Gasteiger charge is 2.11. The van der Waals surface area contributed by atoms with Crippen LogP contribution < -0.4 is 5.32 Å². The number of hydrogen-bond acceptors (Lipinski definition) is 4. The minimum absolute atomic E-state index is 0.250. The molecule has 0 radical (unpaired) electrons. The summed E-state index contributed by atoms with van der Waals surface area (Å²) in [6, 6.07) is 4.01. The number of hydrogen-bond donors (Lipinski definition) is 1. The van der Waals surface area contributed by atoms with E-state index in [1.807, 2.05) is 0 Å². The Balaban J connectivity index is 2.35. The number of aromatic nitrogens is 2. The Morgan fingerprint density at radius 2 is 2.25 bits per heavy atom. The molecule has 0 bridgehead atoms. The summed E-state index contributed by atoms with van der Waals surface area (Å²) in [5.74, 6) is 0.344. The van der Waals surface area contributed by atoms with Gasteiger partial charge in [-0.3, -0.25) is 0 Å². The van der Waals surface area contributed by atoms with Gasteiger partial charge < -0.3 is 9.73 Å². The molecule has 1 N–H and O–H groups in total. The highest BCUT2D eigenvalue weighted by molar-refractivity contribution is 6.33. The molecule has 0 fully saturated rings. The lowest BCUT2D eigenvalue weighted by atomic mass is 10.2. The second-order valence-electron chi connectivity index (χ2n) is 3.16. The molecular weight excluding hydrogens is 233 g/mol. The standard InChI is InChI=1S/C10H9ClFN3O/c1-13-5-9-14-15-10(16-9)7-3-2-6(12)4-8(7)11/h2-4,13H,5H2,1H3. The van der Waals surface area contributed by atoms with Crippen molar-refractivity contribution in [3.8, 4) is 11.5 Å². The van der Waals surface area contributed by atoms with Gasteiger partial charge in [0.1, 0.15) is 5.82 Å². The minimum atomic E-state index is -0.399. The van der Waals surface area contributed by atoms with Crippen LogP contribution in [0, 0.1) is 5.82 Å². The van der Waals surface area contributed by atoms with E-state index in [0.29, 0.717) is 18.0 Å². The number of halogens is 2.